The lowest BCUT2D eigenvalue weighted by atomic mass is 9.94. The van der Waals surface area contributed by atoms with E-state index in [1.165, 1.54) is 23.2 Å². The van der Waals surface area contributed by atoms with Crippen LogP contribution in [0.5, 0.6) is 0 Å². The molecular formula is C17H25N5. The molecule has 0 amide bonds. The van der Waals surface area contributed by atoms with Crippen molar-refractivity contribution in [3.63, 3.8) is 0 Å². The summed E-state index contributed by atoms with van der Waals surface area (Å²) in [5.74, 6) is 0.645. The summed E-state index contributed by atoms with van der Waals surface area (Å²) >= 11 is 0. The standard InChI is InChI=1S/C17H25N5/c1-13-16(10-19-20-13)12-21(2)11-15-6-8-22(3)17(15)14-5-4-7-18-9-14/h4-5,7,9-10,15,17H,6,8,11-12H2,1-3H3,(H,19,20)/t15-,17-/m0/s1. The van der Waals surface area contributed by atoms with Gasteiger partial charge < -0.3 is 4.90 Å². The first-order chi connectivity index (χ1) is 10.6. The van der Waals surface area contributed by atoms with Crippen molar-refractivity contribution in [2.24, 2.45) is 5.92 Å². The second-order valence-electron chi connectivity index (χ2n) is 6.48. The van der Waals surface area contributed by atoms with Crippen molar-refractivity contribution in [2.45, 2.75) is 25.9 Å². The van der Waals surface area contributed by atoms with Crippen molar-refractivity contribution in [1.29, 1.82) is 0 Å². The number of pyridine rings is 1. The van der Waals surface area contributed by atoms with Gasteiger partial charge in [-0.15, -0.1) is 0 Å². The molecule has 0 unspecified atom stereocenters. The number of nitrogens with one attached hydrogen (secondary N) is 1. The molecule has 2 aromatic rings. The van der Waals surface area contributed by atoms with Crippen LogP contribution in [0, 0.1) is 12.8 Å². The minimum atomic E-state index is 0.474. The van der Waals surface area contributed by atoms with Crippen LogP contribution in [-0.4, -0.2) is 52.2 Å². The summed E-state index contributed by atoms with van der Waals surface area (Å²) in [5, 5.41) is 7.13. The highest BCUT2D eigenvalue weighted by Crippen LogP contribution is 2.36. The lowest BCUT2D eigenvalue weighted by molar-refractivity contribution is 0.213. The Labute approximate surface area is 132 Å². The summed E-state index contributed by atoms with van der Waals surface area (Å²) in [6.45, 7) is 5.28. The van der Waals surface area contributed by atoms with Crippen LogP contribution in [0.2, 0.25) is 0 Å². The molecule has 0 aliphatic carbocycles. The molecule has 0 aromatic carbocycles. The van der Waals surface area contributed by atoms with Crippen LogP contribution in [0.1, 0.15) is 29.3 Å². The first-order valence-electron chi connectivity index (χ1n) is 7.92. The van der Waals surface area contributed by atoms with Crippen molar-refractivity contribution in [3.05, 3.63) is 47.5 Å². The average molecular weight is 299 g/mol. The van der Waals surface area contributed by atoms with E-state index in [4.69, 9.17) is 0 Å². The van der Waals surface area contributed by atoms with Gasteiger partial charge in [0.1, 0.15) is 0 Å². The Balaban J connectivity index is 1.67. The predicted molar refractivity (Wildman–Crippen MR) is 87.4 cm³/mol. The van der Waals surface area contributed by atoms with E-state index in [0.29, 0.717) is 12.0 Å². The number of H-pyrrole nitrogens is 1. The normalized spacial score (nSPS) is 22.5. The minimum Gasteiger partial charge on any atom is -0.302 e. The number of rotatable bonds is 5. The third-order valence-corrected chi connectivity index (χ3v) is 4.72. The smallest absolute Gasteiger partial charge is 0.0535 e. The molecular weight excluding hydrogens is 274 g/mol. The summed E-state index contributed by atoms with van der Waals surface area (Å²) in [5.41, 5.74) is 3.78. The fourth-order valence-corrected chi connectivity index (χ4v) is 3.59. The van der Waals surface area contributed by atoms with Crippen LogP contribution in [0.25, 0.3) is 0 Å². The van der Waals surface area contributed by atoms with Gasteiger partial charge in [0, 0.05) is 42.8 Å². The monoisotopic (exact) mass is 299 g/mol. The molecule has 2 aromatic heterocycles. The van der Waals surface area contributed by atoms with E-state index in [-0.39, 0.29) is 0 Å². The minimum absolute atomic E-state index is 0.474. The lowest BCUT2D eigenvalue weighted by Crippen LogP contribution is -2.30. The number of aryl methyl sites for hydroxylation is 1. The molecule has 0 radical (unpaired) electrons. The number of aromatic amines is 1. The van der Waals surface area contributed by atoms with Gasteiger partial charge in [0.2, 0.25) is 0 Å². The second-order valence-corrected chi connectivity index (χ2v) is 6.48. The summed E-state index contributed by atoms with van der Waals surface area (Å²) in [6, 6.07) is 4.71. The zero-order valence-corrected chi connectivity index (χ0v) is 13.7. The van der Waals surface area contributed by atoms with Crippen LogP contribution >= 0.6 is 0 Å². The number of likely N-dealkylation sites (tertiary alicyclic amines) is 1. The Morgan fingerprint density at radius 1 is 1.41 bits per heavy atom. The van der Waals surface area contributed by atoms with Crippen molar-refractivity contribution < 1.29 is 0 Å². The molecule has 1 saturated heterocycles. The van der Waals surface area contributed by atoms with Gasteiger partial charge in [-0.05, 0) is 51.5 Å². The van der Waals surface area contributed by atoms with Gasteiger partial charge in [0.05, 0.1) is 6.20 Å². The molecule has 1 aliphatic heterocycles. The Morgan fingerprint density at radius 3 is 2.95 bits per heavy atom. The molecule has 5 nitrogen and oxygen atoms in total. The predicted octanol–water partition coefficient (Wildman–Crippen LogP) is 2.24. The highest BCUT2D eigenvalue weighted by Gasteiger charge is 2.33. The molecule has 3 heterocycles. The van der Waals surface area contributed by atoms with Crippen LogP contribution in [0.4, 0.5) is 0 Å². The average Bonchev–Trinajstić information content (AvgIpc) is 3.07. The van der Waals surface area contributed by atoms with E-state index in [9.17, 15) is 0 Å². The van der Waals surface area contributed by atoms with Crippen LogP contribution < -0.4 is 0 Å². The number of hydrogen-bond donors (Lipinski definition) is 1. The van der Waals surface area contributed by atoms with Gasteiger partial charge in [-0.25, -0.2) is 0 Å². The maximum atomic E-state index is 4.30. The van der Waals surface area contributed by atoms with Gasteiger partial charge in [0.15, 0.2) is 0 Å². The van der Waals surface area contributed by atoms with E-state index < -0.39 is 0 Å². The number of nitrogens with zero attached hydrogens (tertiary/aromatic N) is 4. The third-order valence-electron chi connectivity index (χ3n) is 4.72. The van der Waals surface area contributed by atoms with Crippen LogP contribution in [0.3, 0.4) is 0 Å². The molecule has 0 bridgehead atoms. The van der Waals surface area contributed by atoms with E-state index in [1.807, 2.05) is 24.7 Å². The third kappa shape index (κ3) is 3.20. The van der Waals surface area contributed by atoms with E-state index in [0.717, 1.165) is 19.6 Å². The van der Waals surface area contributed by atoms with E-state index in [1.54, 1.807) is 0 Å². The maximum Gasteiger partial charge on any atom is 0.0535 e. The van der Waals surface area contributed by atoms with Gasteiger partial charge >= 0.3 is 0 Å². The Hall–Kier alpha value is -1.72. The quantitative estimate of drug-likeness (QED) is 0.920. The largest absolute Gasteiger partial charge is 0.302 e. The first kappa shape index (κ1) is 15.2. The van der Waals surface area contributed by atoms with E-state index in [2.05, 4.69) is 52.1 Å². The highest BCUT2D eigenvalue weighted by atomic mass is 15.2. The molecule has 22 heavy (non-hydrogen) atoms. The zero-order valence-electron chi connectivity index (χ0n) is 13.7. The van der Waals surface area contributed by atoms with Crippen LogP contribution in [-0.2, 0) is 6.54 Å². The molecule has 5 heteroatoms. The summed E-state index contributed by atoms with van der Waals surface area (Å²) < 4.78 is 0. The summed E-state index contributed by atoms with van der Waals surface area (Å²) in [4.78, 5) is 9.16. The number of hydrogen-bond acceptors (Lipinski definition) is 4. The Bertz CT molecular complexity index is 594. The van der Waals surface area contributed by atoms with Crippen molar-refractivity contribution in [1.82, 2.24) is 25.0 Å². The van der Waals surface area contributed by atoms with Gasteiger partial charge in [-0.3, -0.25) is 15.0 Å². The Kier molecular flexibility index (Phi) is 4.55. The van der Waals surface area contributed by atoms with E-state index >= 15 is 0 Å². The first-order valence-corrected chi connectivity index (χ1v) is 7.92. The topological polar surface area (TPSA) is 48.1 Å². The Morgan fingerprint density at radius 2 is 2.27 bits per heavy atom. The zero-order chi connectivity index (χ0) is 15.5. The molecule has 0 spiro atoms. The van der Waals surface area contributed by atoms with Crippen molar-refractivity contribution in [3.8, 4) is 0 Å². The molecule has 3 rings (SSSR count). The maximum absolute atomic E-state index is 4.30. The molecule has 118 valence electrons. The molecule has 1 aliphatic rings. The molecule has 1 N–H and O–H groups in total. The second kappa shape index (κ2) is 6.58. The van der Waals surface area contributed by atoms with Crippen molar-refractivity contribution >= 4 is 0 Å². The van der Waals surface area contributed by atoms with Crippen LogP contribution in [0.15, 0.2) is 30.7 Å². The number of aromatic nitrogens is 3. The summed E-state index contributed by atoms with van der Waals surface area (Å²) in [6.07, 6.45) is 7.04. The van der Waals surface area contributed by atoms with Gasteiger partial charge in [-0.1, -0.05) is 6.07 Å². The summed E-state index contributed by atoms with van der Waals surface area (Å²) in [7, 11) is 4.42. The molecule has 2 atom stereocenters. The molecule has 0 saturated carbocycles. The fraction of sp³-hybridized carbons (Fsp3) is 0.529. The van der Waals surface area contributed by atoms with Gasteiger partial charge in [-0.2, -0.15) is 5.10 Å². The fourth-order valence-electron chi connectivity index (χ4n) is 3.59. The SMILES string of the molecule is Cc1[nH]ncc1CN(C)C[C@@H]1CCN(C)[C@H]1c1cccnc1. The molecule has 1 fully saturated rings. The lowest BCUT2D eigenvalue weighted by Gasteiger charge is -2.28. The van der Waals surface area contributed by atoms with Crippen molar-refractivity contribution in [2.75, 3.05) is 27.2 Å². The highest BCUT2D eigenvalue weighted by molar-refractivity contribution is 5.17. The van der Waals surface area contributed by atoms with Gasteiger partial charge in [0.25, 0.3) is 0 Å².